The largest absolute Gasteiger partial charge is 0.454 e. The number of anilines is 4. The van der Waals surface area contributed by atoms with Crippen LogP contribution in [-0.2, 0) is 10.0 Å². The van der Waals surface area contributed by atoms with Gasteiger partial charge in [-0.25, -0.2) is 23.1 Å². The van der Waals surface area contributed by atoms with Crippen molar-refractivity contribution in [1.82, 2.24) is 14.7 Å². The lowest BCUT2D eigenvalue weighted by molar-refractivity contribution is 0.174. The van der Waals surface area contributed by atoms with E-state index >= 15 is 0 Å². The molecule has 2 aromatic carbocycles. The molecule has 0 aliphatic carbocycles. The van der Waals surface area contributed by atoms with Gasteiger partial charge in [0.05, 0.1) is 10.6 Å². The Morgan fingerprint density at radius 2 is 1.73 bits per heavy atom. The minimum atomic E-state index is -3.56. The second-order valence-electron chi connectivity index (χ2n) is 6.18. The molecule has 9 nitrogen and oxygen atoms in total. The van der Waals surface area contributed by atoms with E-state index < -0.39 is 10.0 Å². The summed E-state index contributed by atoms with van der Waals surface area (Å²) < 4.78 is 37.3. The molecular formula is C19H19N5O4S2. The lowest BCUT2D eigenvalue weighted by atomic mass is 10.2. The number of nitrogens with zero attached hydrogens (tertiary/aromatic N) is 2. The number of benzene rings is 2. The fourth-order valence-electron chi connectivity index (χ4n) is 2.82. The van der Waals surface area contributed by atoms with Crippen molar-refractivity contribution in [3.63, 3.8) is 0 Å². The zero-order chi connectivity index (χ0) is 21.1. The third-order valence-corrected chi connectivity index (χ3v) is 6.53. The third kappa shape index (κ3) is 4.27. The molecule has 0 unspecified atom stereocenters. The lowest BCUT2D eigenvalue weighted by Crippen LogP contribution is -2.18. The number of nitrogens with one attached hydrogen (secondary N) is 3. The first-order chi connectivity index (χ1) is 14.5. The van der Waals surface area contributed by atoms with Crippen LogP contribution in [0.3, 0.4) is 0 Å². The fourth-order valence-corrected chi connectivity index (χ4v) is 4.11. The molecule has 11 heteroatoms. The number of ether oxygens (including phenoxy) is 2. The number of rotatable bonds is 7. The minimum Gasteiger partial charge on any atom is -0.454 e. The summed E-state index contributed by atoms with van der Waals surface area (Å²) in [7, 11) is -2.18. The molecule has 30 heavy (non-hydrogen) atoms. The van der Waals surface area contributed by atoms with E-state index in [9.17, 15) is 8.42 Å². The van der Waals surface area contributed by atoms with E-state index in [1.54, 1.807) is 24.3 Å². The zero-order valence-electron chi connectivity index (χ0n) is 16.2. The van der Waals surface area contributed by atoms with Gasteiger partial charge in [-0.2, -0.15) is 0 Å². The molecule has 0 radical (unpaired) electrons. The van der Waals surface area contributed by atoms with Crippen molar-refractivity contribution in [3.05, 3.63) is 48.8 Å². The molecular weight excluding hydrogens is 426 g/mol. The van der Waals surface area contributed by atoms with Gasteiger partial charge in [-0.15, -0.1) is 11.8 Å². The van der Waals surface area contributed by atoms with Crippen molar-refractivity contribution in [2.24, 2.45) is 0 Å². The number of hydrogen-bond acceptors (Lipinski definition) is 9. The molecule has 156 valence electrons. The van der Waals surface area contributed by atoms with Gasteiger partial charge < -0.3 is 20.1 Å². The Bertz CT molecular complexity index is 1190. The van der Waals surface area contributed by atoms with Crippen LogP contribution in [0, 0.1) is 0 Å². The van der Waals surface area contributed by atoms with Gasteiger partial charge in [0, 0.05) is 22.7 Å². The quantitative estimate of drug-likeness (QED) is 0.471. The minimum absolute atomic E-state index is 0.165. The molecule has 0 atom stereocenters. The number of fused-ring (bicyclic) bond motifs is 1. The zero-order valence-corrected chi connectivity index (χ0v) is 17.8. The third-order valence-electron chi connectivity index (χ3n) is 4.32. The van der Waals surface area contributed by atoms with E-state index in [2.05, 4.69) is 25.3 Å². The maximum absolute atomic E-state index is 12.1. The summed E-state index contributed by atoms with van der Waals surface area (Å²) >= 11 is 1.50. The average molecular weight is 446 g/mol. The molecule has 0 bridgehead atoms. The highest BCUT2D eigenvalue weighted by molar-refractivity contribution is 7.98. The predicted octanol–water partition coefficient (Wildman–Crippen LogP) is 3.32. The van der Waals surface area contributed by atoms with E-state index in [0.29, 0.717) is 28.8 Å². The first-order valence-electron chi connectivity index (χ1n) is 8.86. The SMILES string of the molecule is CNS(=O)(=O)c1ccc(SC)c(Nc2cc(Nc3ccc4c(c3)OCO4)ncn2)c1. The van der Waals surface area contributed by atoms with Gasteiger partial charge in [0.1, 0.15) is 18.0 Å². The molecule has 3 N–H and O–H groups in total. The number of aromatic nitrogens is 2. The fraction of sp³-hybridized carbons (Fsp3) is 0.158. The predicted molar refractivity (Wildman–Crippen MR) is 116 cm³/mol. The van der Waals surface area contributed by atoms with Crippen LogP contribution in [0.1, 0.15) is 0 Å². The van der Waals surface area contributed by atoms with Gasteiger partial charge in [-0.05, 0) is 43.6 Å². The van der Waals surface area contributed by atoms with Crippen molar-refractivity contribution in [2.75, 3.05) is 30.7 Å². The van der Waals surface area contributed by atoms with Crippen LogP contribution in [0.2, 0.25) is 0 Å². The average Bonchev–Trinajstić information content (AvgIpc) is 3.22. The highest BCUT2D eigenvalue weighted by Gasteiger charge is 2.15. The van der Waals surface area contributed by atoms with Gasteiger partial charge in [-0.1, -0.05) is 0 Å². The Labute approximate surface area is 178 Å². The Morgan fingerprint density at radius 1 is 0.967 bits per heavy atom. The maximum Gasteiger partial charge on any atom is 0.240 e. The van der Waals surface area contributed by atoms with Gasteiger partial charge >= 0.3 is 0 Å². The first-order valence-corrected chi connectivity index (χ1v) is 11.6. The molecule has 1 aliphatic heterocycles. The summed E-state index contributed by atoms with van der Waals surface area (Å²) in [6.45, 7) is 0.209. The summed E-state index contributed by atoms with van der Waals surface area (Å²) in [6.07, 6.45) is 3.34. The van der Waals surface area contributed by atoms with Crippen molar-refractivity contribution in [1.29, 1.82) is 0 Å². The van der Waals surface area contributed by atoms with Crippen LogP contribution in [0.5, 0.6) is 11.5 Å². The lowest BCUT2D eigenvalue weighted by Gasteiger charge is -2.13. The van der Waals surface area contributed by atoms with Crippen LogP contribution in [0.25, 0.3) is 0 Å². The summed E-state index contributed by atoms with van der Waals surface area (Å²) in [5.74, 6) is 2.45. The van der Waals surface area contributed by atoms with E-state index in [1.165, 1.54) is 25.1 Å². The summed E-state index contributed by atoms with van der Waals surface area (Å²) in [6, 6.07) is 12.1. The van der Waals surface area contributed by atoms with E-state index in [0.717, 1.165) is 10.6 Å². The Morgan fingerprint density at radius 3 is 2.50 bits per heavy atom. The maximum atomic E-state index is 12.1. The van der Waals surface area contributed by atoms with Crippen molar-refractivity contribution in [3.8, 4) is 11.5 Å². The molecule has 0 fully saturated rings. The second kappa shape index (κ2) is 8.38. The van der Waals surface area contributed by atoms with Crippen LogP contribution < -0.4 is 24.8 Å². The standard InChI is InChI=1S/C19H19N5O4S2/c1-20-30(25,26)13-4-6-17(29-2)14(8-13)24-19-9-18(21-10-22-19)23-12-3-5-15-16(7-12)28-11-27-15/h3-10,20H,11H2,1-2H3,(H2,21,22,23,24). The summed E-state index contributed by atoms with van der Waals surface area (Å²) in [5, 5.41) is 6.37. The molecule has 0 saturated heterocycles. The molecule has 0 saturated carbocycles. The Kier molecular flexibility index (Phi) is 5.66. The van der Waals surface area contributed by atoms with Gasteiger partial charge in [0.25, 0.3) is 0 Å². The summed E-state index contributed by atoms with van der Waals surface area (Å²) in [5.41, 5.74) is 1.42. The monoisotopic (exact) mass is 445 g/mol. The van der Waals surface area contributed by atoms with Gasteiger partial charge in [0.2, 0.25) is 16.8 Å². The summed E-state index contributed by atoms with van der Waals surface area (Å²) in [4.78, 5) is 9.53. The van der Waals surface area contributed by atoms with E-state index in [4.69, 9.17) is 9.47 Å². The van der Waals surface area contributed by atoms with Gasteiger partial charge in [0.15, 0.2) is 11.5 Å². The van der Waals surface area contributed by atoms with E-state index in [-0.39, 0.29) is 11.7 Å². The Balaban J connectivity index is 1.58. The van der Waals surface area contributed by atoms with Crippen LogP contribution in [0.4, 0.5) is 23.0 Å². The molecule has 3 aromatic rings. The molecule has 1 aromatic heterocycles. The second-order valence-corrected chi connectivity index (χ2v) is 8.91. The molecule has 4 rings (SSSR count). The number of thioether (sulfide) groups is 1. The van der Waals surface area contributed by atoms with Crippen LogP contribution in [0.15, 0.2) is 58.6 Å². The Hall–Kier alpha value is -3.02. The first kappa shape index (κ1) is 20.3. The highest BCUT2D eigenvalue weighted by Crippen LogP contribution is 2.35. The molecule has 0 amide bonds. The molecule has 2 heterocycles. The normalized spacial score (nSPS) is 12.6. The topological polar surface area (TPSA) is 114 Å². The molecule has 0 spiro atoms. The highest BCUT2D eigenvalue weighted by atomic mass is 32.2. The van der Waals surface area contributed by atoms with Crippen LogP contribution >= 0.6 is 11.8 Å². The van der Waals surface area contributed by atoms with Crippen molar-refractivity contribution in [2.45, 2.75) is 9.79 Å². The van der Waals surface area contributed by atoms with Crippen molar-refractivity contribution < 1.29 is 17.9 Å². The van der Waals surface area contributed by atoms with E-state index in [1.807, 2.05) is 24.5 Å². The smallest absolute Gasteiger partial charge is 0.240 e. The molecule has 1 aliphatic rings. The van der Waals surface area contributed by atoms with Crippen LogP contribution in [-0.4, -0.2) is 38.5 Å². The van der Waals surface area contributed by atoms with Gasteiger partial charge in [-0.3, -0.25) is 0 Å². The number of hydrogen-bond donors (Lipinski definition) is 3. The van der Waals surface area contributed by atoms with Crippen molar-refractivity contribution >= 4 is 44.8 Å². The number of sulfonamides is 1.